The fraction of sp³-hybridized carbons (Fsp3) is 0.368. The molecular formula is C19H19BrN4. The zero-order valence-corrected chi connectivity index (χ0v) is 15.0. The van der Waals surface area contributed by atoms with Crippen LogP contribution in [0.5, 0.6) is 0 Å². The minimum Gasteiger partial charge on any atom is -0.361 e. The number of hydrogen-bond acceptors (Lipinski definition) is 3. The molecule has 122 valence electrons. The van der Waals surface area contributed by atoms with Gasteiger partial charge in [0.15, 0.2) is 0 Å². The Labute approximate surface area is 149 Å². The number of aromatic nitrogens is 3. The molecule has 2 aromatic heterocycles. The molecule has 0 atom stereocenters. The van der Waals surface area contributed by atoms with Gasteiger partial charge in [-0.05, 0) is 42.5 Å². The molecule has 5 rings (SSSR count). The highest BCUT2D eigenvalue weighted by atomic mass is 79.9. The van der Waals surface area contributed by atoms with Crippen LogP contribution in [0.1, 0.15) is 41.4 Å². The summed E-state index contributed by atoms with van der Waals surface area (Å²) in [7, 11) is 0. The Bertz CT molecular complexity index is 913. The molecule has 1 aliphatic heterocycles. The van der Waals surface area contributed by atoms with Crippen molar-refractivity contribution in [2.75, 3.05) is 6.54 Å². The summed E-state index contributed by atoms with van der Waals surface area (Å²) in [5.41, 5.74) is 5.12. The molecule has 0 saturated heterocycles. The van der Waals surface area contributed by atoms with E-state index < -0.39 is 0 Å². The van der Waals surface area contributed by atoms with Crippen LogP contribution in [0, 0.1) is 0 Å². The Morgan fingerprint density at radius 1 is 1.29 bits per heavy atom. The molecule has 1 aromatic carbocycles. The van der Waals surface area contributed by atoms with E-state index in [1.165, 1.54) is 40.6 Å². The van der Waals surface area contributed by atoms with Crippen LogP contribution in [0.2, 0.25) is 0 Å². The monoisotopic (exact) mass is 382 g/mol. The first-order valence-corrected chi connectivity index (χ1v) is 9.38. The van der Waals surface area contributed by atoms with Gasteiger partial charge in [-0.3, -0.25) is 4.90 Å². The summed E-state index contributed by atoms with van der Waals surface area (Å²) in [5, 5.41) is 1.31. The van der Waals surface area contributed by atoms with Crippen LogP contribution in [-0.4, -0.2) is 26.4 Å². The molecule has 1 N–H and O–H groups in total. The van der Waals surface area contributed by atoms with Crippen LogP contribution in [0.15, 0.2) is 35.1 Å². The molecule has 0 bridgehead atoms. The van der Waals surface area contributed by atoms with E-state index in [0.29, 0.717) is 5.92 Å². The van der Waals surface area contributed by atoms with Crippen LogP contribution in [0.4, 0.5) is 0 Å². The van der Waals surface area contributed by atoms with Crippen molar-refractivity contribution in [3.63, 3.8) is 0 Å². The van der Waals surface area contributed by atoms with Gasteiger partial charge in [0.25, 0.3) is 0 Å². The molecule has 1 fully saturated rings. The minimum atomic E-state index is 0.623. The van der Waals surface area contributed by atoms with Crippen molar-refractivity contribution in [1.29, 1.82) is 0 Å². The number of aromatic amines is 1. The molecule has 2 aliphatic rings. The van der Waals surface area contributed by atoms with E-state index >= 15 is 0 Å². The van der Waals surface area contributed by atoms with Gasteiger partial charge in [0, 0.05) is 53.3 Å². The Balaban J connectivity index is 1.39. The largest absolute Gasteiger partial charge is 0.361 e. The zero-order chi connectivity index (χ0) is 16.1. The highest BCUT2D eigenvalue weighted by Crippen LogP contribution is 2.38. The number of fused-ring (bicyclic) bond motifs is 2. The smallest absolute Gasteiger partial charge is 0.131 e. The quantitative estimate of drug-likeness (QED) is 0.739. The second-order valence-corrected chi connectivity index (χ2v) is 7.85. The number of benzene rings is 1. The molecule has 24 heavy (non-hydrogen) atoms. The van der Waals surface area contributed by atoms with E-state index in [2.05, 4.69) is 61.4 Å². The van der Waals surface area contributed by atoms with E-state index in [4.69, 9.17) is 4.98 Å². The lowest BCUT2D eigenvalue weighted by Gasteiger charge is -2.27. The van der Waals surface area contributed by atoms with Crippen molar-refractivity contribution in [1.82, 2.24) is 19.9 Å². The molecular weight excluding hydrogens is 364 g/mol. The molecule has 0 amide bonds. The van der Waals surface area contributed by atoms with Crippen LogP contribution in [0.3, 0.4) is 0 Å². The van der Waals surface area contributed by atoms with E-state index in [-0.39, 0.29) is 0 Å². The molecule has 4 nitrogen and oxygen atoms in total. The summed E-state index contributed by atoms with van der Waals surface area (Å²) < 4.78 is 1.11. The molecule has 1 aliphatic carbocycles. The van der Waals surface area contributed by atoms with Crippen LogP contribution >= 0.6 is 15.9 Å². The first kappa shape index (κ1) is 14.6. The van der Waals surface area contributed by atoms with Crippen molar-refractivity contribution in [3.05, 3.63) is 57.7 Å². The van der Waals surface area contributed by atoms with Crippen molar-refractivity contribution in [2.45, 2.75) is 38.3 Å². The SMILES string of the molecule is Brc1ccc2c(CN3CCc4cnc(C5CC5)nc4C3)c[nH]c2c1. The molecule has 5 heteroatoms. The van der Waals surface area contributed by atoms with E-state index in [0.717, 1.165) is 36.4 Å². The molecule has 0 unspecified atom stereocenters. The lowest BCUT2D eigenvalue weighted by molar-refractivity contribution is 0.241. The molecule has 0 spiro atoms. The van der Waals surface area contributed by atoms with Gasteiger partial charge in [0.1, 0.15) is 5.82 Å². The van der Waals surface area contributed by atoms with Gasteiger partial charge in [0.2, 0.25) is 0 Å². The Hall–Kier alpha value is -1.72. The van der Waals surface area contributed by atoms with Gasteiger partial charge < -0.3 is 4.98 Å². The van der Waals surface area contributed by atoms with E-state index in [1.807, 2.05) is 0 Å². The van der Waals surface area contributed by atoms with Gasteiger partial charge >= 0.3 is 0 Å². The highest BCUT2D eigenvalue weighted by Gasteiger charge is 2.28. The van der Waals surface area contributed by atoms with Gasteiger partial charge in [-0.2, -0.15) is 0 Å². The fourth-order valence-electron chi connectivity index (χ4n) is 3.58. The van der Waals surface area contributed by atoms with Crippen LogP contribution < -0.4 is 0 Å². The highest BCUT2D eigenvalue weighted by molar-refractivity contribution is 9.10. The Morgan fingerprint density at radius 3 is 3.08 bits per heavy atom. The summed E-state index contributed by atoms with van der Waals surface area (Å²) in [6, 6.07) is 6.44. The lowest BCUT2D eigenvalue weighted by atomic mass is 10.1. The molecule has 3 heterocycles. The van der Waals surface area contributed by atoms with Crippen molar-refractivity contribution in [2.24, 2.45) is 0 Å². The minimum absolute atomic E-state index is 0.623. The Kier molecular flexibility index (Phi) is 3.45. The first-order valence-electron chi connectivity index (χ1n) is 8.59. The maximum absolute atomic E-state index is 4.86. The van der Waals surface area contributed by atoms with E-state index in [9.17, 15) is 0 Å². The topological polar surface area (TPSA) is 44.8 Å². The number of nitrogens with zero attached hydrogens (tertiary/aromatic N) is 3. The summed E-state index contributed by atoms with van der Waals surface area (Å²) in [6.07, 6.45) is 7.77. The lowest BCUT2D eigenvalue weighted by Crippen LogP contribution is -2.31. The van der Waals surface area contributed by atoms with Gasteiger partial charge in [-0.15, -0.1) is 0 Å². The van der Waals surface area contributed by atoms with Crippen molar-refractivity contribution in [3.8, 4) is 0 Å². The normalized spacial score (nSPS) is 18.0. The first-order chi connectivity index (χ1) is 11.8. The molecule has 3 aromatic rings. The van der Waals surface area contributed by atoms with Gasteiger partial charge in [0.05, 0.1) is 5.69 Å². The standard InChI is InChI=1S/C19H19BrN4/c20-15-3-4-16-14(9-21-17(16)7-15)10-24-6-5-13-8-22-19(12-1-2-12)23-18(13)11-24/h3-4,7-9,12,21H,1-2,5-6,10-11H2. The zero-order valence-electron chi connectivity index (χ0n) is 13.4. The number of hydrogen-bond donors (Lipinski definition) is 1. The third-order valence-electron chi connectivity index (χ3n) is 5.11. The summed E-state index contributed by atoms with van der Waals surface area (Å²) in [4.78, 5) is 15.3. The second kappa shape index (κ2) is 5.67. The van der Waals surface area contributed by atoms with Crippen molar-refractivity contribution < 1.29 is 0 Å². The van der Waals surface area contributed by atoms with Crippen LogP contribution in [0.25, 0.3) is 10.9 Å². The number of H-pyrrole nitrogens is 1. The fourth-order valence-corrected chi connectivity index (χ4v) is 3.94. The Morgan fingerprint density at radius 2 is 2.21 bits per heavy atom. The molecule has 0 radical (unpaired) electrons. The van der Waals surface area contributed by atoms with Crippen molar-refractivity contribution >= 4 is 26.8 Å². The average molecular weight is 383 g/mol. The average Bonchev–Trinajstić information content (AvgIpc) is 3.37. The number of rotatable bonds is 3. The maximum Gasteiger partial charge on any atom is 0.131 e. The third kappa shape index (κ3) is 2.66. The summed E-state index contributed by atoms with van der Waals surface area (Å²) in [5.74, 6) is 1.69. The van der Waals surface area contributed by atoms with Crippen LogP contribution in [-0.2, 0) is 19.5 Å². The predicted octanol–water partition coefficient (Wildman–Crippen LogP) is 4.16. The number of nitrogens with one attached hydrogen (secondary N) is 1. The number of halogens is 1. The maximum atomic E-state index is 4.86. The van der Waals surface area contributed by atoms with Gasteiger partial charge in [-0.1, -0.05) is 22.0 Å². The predicted molar refractivity (Wildman–Crippen MR) is 97.8 cm³/mol. The van der Waals surface area contributed by atoms with E-state index in [1.54, 1.807) is 0 Å². The molecule has 1 saturated carbocycles. The third-order valence-corrected chi connectivity index (χ3v) is 5.60. The summed E-state index contributed by atoms with van der Waals surface area (Å²) in [6.45, 7) is 2.97. The summed E-state index contributed by atoms with van der Waals surface area (Å²) >= 11 is 3.54. The van der Waals surface area contributed by atoms with Gasteiger partial charge in [-0.25, -0.2) is 9.97 Å². The second-order valence-electron chi connectivity index (χ2n) is 6.94.